The lowest BCUT2D eigenvalue weighted by Gasteiger charge is -2.45. The van der Waals surface area contributed by atoms with Crippen LogP contribution in [0.25, 0.3) is 0 Å². The smallest absolute Gasteiger partial charge is 0.420 e. The summed E-state index contributed by atoms with van der Waals surface area (Å²) in [6.07, 6.45) is -2.95. The van der Waals surface area contributed by atoms with Crippen LogP contribution in [0.4, 0.5) is 25.8 Å². The number of esters is 2. The summed E-state index contributed by atoms with van der Waals surface area (Å²) >= 11 is 0. The summed E-state index contributed by atoms with van der Waals surface area (Å²) in [6, 6.07) is 6.46. The number of benzene rings is 1. The minimum absolute atomic E-state index is 0.0848. The van der Waals surface area contributed by atoms with Gasteiger partial charge in [-0.25, -0.2) is 19.3 Å². The van der Waals surface area contributed by atoms with Crippen molar-refractivity contribution in [2.75, 3.05) is 56.9 Å². The highest BCUT2D eigenvalue weighted by Crippen LogP contribution is 2.31. The Morgan fingerprint density at radius 1 is 0.686 bits per heavy atom. The Morgan fingerprint density at radius 2 is 1.08 bits per heavy atom. The summed E-state index contributed by atoms with van der Waals surface area (Å²) in [5.41, 5.74) is 1.54. The van der Waals surface area contributed by atoms with Crippen LogP contribution in [0.1, 0.15) is 89.5 Å². The molecule has 1 aliphatic rings. The first-order valence-corrected chi connectivity index (χ1v) is 17.1. The second-order valence-corrected chi connectivity index (χ2v) is 16.7. The zero-order valence-corrected chi connectivity index (χ0v) is 32.5. The van der Waals surface area contributed by atoms with Crippen LogP contribution in [0.15, 0.2) is 24.3 Å². The minimum Gasteiger partial charge on any atom is -0.459 e. The molecule has 1 heterocycles. The number of hydrogen-bond donors (Lipinski definition) is 2. The van der Waals surface area contributed by atoms with E-state index in [4.69, 9.17) is 29.4 Å². The van der Waals surface area contributed by atoms with E-state index < -0.39 is 58.2 Å². The van der Waals surface area contributed by atoms with Crippen LogP contribution in [0.3, 0.4) is 0 Å². The molecule has 0 saturated carbocycles. The van der Waals surface area contributed by atoms with Crippen molar-refractivity contribution in [3.8, 4) is 0 Å². The van der Waals surface area contributed by atoms with Gasteiger partial charge in [0.1, 0.15) is 22.4 Å². The standard InChI is InChI=1S/C36H59N5O10/c1-32(2,3)48-27(42)21-39-18-19-40(22-28(43)49-33(4,5)6)24-36(23-39,17-20-47-29(44)38-26-15-13-25(37)14-16-26)41(30(45)50-34(7,8)9)31(46)51-35(10,11)12/h13-16H,17-24,37H2,1-12H3,(H,38,44). The van der Waals surface area contributed by atoms with Crippen LogP contribution in [0.5, 0.6) is 0 Å². The second-order valence-electron chi connectivity index (χ2n) is 16.7. The fraction of sp³-hybridized carbons (Fsp3) is 0.694. The number of ether oxygens (including phenoxy) is 5. The molecule has 1 aromatic carbocycles. The minimum atomic E-state index is -1.58. The molecule has 15 heteroatoms. The molecule has 0 radical (unpaired) electrons. The molecule has 1 aromatic rings. The lowest BCUT2D eigenvalue weighted by molar-refractivity contribution is -0.157. The van der Waals surface area contributed by atoms with E-state index >= 15 is 0 Å². The zero-order valence-electron chi connectivity index (χ0n) is 32.5. The molecule has 51 heavy (non-hydrogen) atoms. The maximum atomic E-state index is 14.2. The molecule has 1 aliphatic heterocycles. The van der Waals surface area contributed by atoms with Crippen molar-refractivity contribution in [2.45, 2.75) is 117 Å². The number of anilines is 2. The molecule has 0 unspecified atom stereocenters. The number of imide groups is 1. The van der Waals surface area contributed by atoms with Crippen LogP contribution >= 0.6 is 0 Å². The van der Waals surface area contributed by atoms with E-state index in [9.17, 15) is 24.0 Å². The molecule has 0 aromatic heterocycles. The van der Waals surface area contributed by atoms with Crippen molar-refractivity contribution < 1.29 is 47.7 Å². The number of rotatable bonds is 9. The average molecular weight is 722 g/mol. The SMILES string of the molecule is CC(C)(C)OC(=O)CN1CCN(CC(=O)OC(C)(C)C)CC(CCOC(=O)Nc2ccc(N)cc2)(N(C(=O)OC(C)(C)C)C(=O)OC(C)(C)C)C1. The lowest BCUT2D eigenvalue weighted by atomic mass is 9.92. The van der Waals surface area contributed by atoms with Gasteiger partial charge in [-0.15, -0.1) is 0 Å². The summed E-state index contributed by atoms with van der Waals surface area (Å²) in [4.78, 5) is 71.9. The second kappa shape index (κ2) is 16.9. The van der Waals surface area contributed by atoms with Gasteiger partial charge in [-0.05, 0) is 107 Å². The van der Waals surface area contributed by atoms with Crippen molar-refractivity contribution >= 4 is 41.6 Å². The molecular formula is C36H59N5O10. The molecule has 1 fully saturated rings. The van der Waals surface area contributed by atoms with Crippen molar-refractivity contribution in [1.29, 1.82) is 0 Å². The molecule has 3 N–H and O–H groups in total. The number of nitrogens with one attached hydrogen (secondary N) is 1. The maximum Gasteiger partial charge on any atom is 0.420 e. The van der Waals surface area contributed by atoms with Gasteiger partial charge in [-0.1, -0.05) is 0 Å². The van der Waals surface area contributed by atoms with Crippen LogP contribution in [0.2, 0.25) is 0 Å². The molecule has 0 aliphatic carbocycles. The first-order chi connectivity index (χ1) is 23.2. The van der Waals surface area contributed by atoms with Crippen molar-refractivity contribution in [1.82, 2.24) is 14.7 Å². The van der Waals surface area contributed by atoms with E-state index in [2.05, 4.69) is 5.32 Å². The van der Waals surface area contributed by atoms with E-state index in [1.54, 1.807) is 117 Å². The Hall–Kier alpha value is -4.11. The normalized spacial score (nSPS) is 15.9. The van der Waals surface area contributed by atoms with Gasteiger partial charge in [-0.2, -0.15) is 0 Å². The van der Waals surface area contributed by atoms with E-state index in [0.717, 1.165) is 4.90 Å². The molecular weight excluding hydrogens is 662 g/mol. The van der Waals surface area contributed by atoms with Crippen LogP contribution in [-0.2, 0) is 33.3 Å². The molecule has 0 atom stereocenters. The van der Waals surface area contributed by atoms with Crippen LogP contribution < -0.4 is 11.1 Å². The summed E-state index contributed by atoms with van der Waals surface area (Å²) in [6.45, 7) is 20.1. The summed E-state index contributed by atoms with van der Waals surface area (Å²) in [7, 11) is 0. The van der Waals surface area contributed by atoms with Gasteiger partial charge < -0.3 is 29.4 Å². The predicted molar refractivity (Wildman–Crippen MR) is 192 cm³/mol. The Balaban J connectivity index is 2.66. The number of nitrogen functional groups attached to an aromatic ring is 1. The number of nitrogens with two attached hydrogens (primary N) is 1. The van der Waals surface area contributed by atoms with E-state index in [1.165, 1.54) is 0 Å². The van der Waals surface area contributed by atoms with Gasteiger partial charge in [0.15, 0.2) is 0 Å². The first kappa shape index (κ1) is 43.1. The topological polar surface area (TPSA) is 179 Å². The predicted octanol–water partition coefficient (Wildman–Crippen LogP) is 5.42. The van der Waals surface area contributed by atoms with E-state index in [1.807, 2.05) is 0 Å². The third-order valence-corrected chi connectivity index (χ3v) is 6.90. The van der Waals surface area contributed by atoms with Crippen molar-refractivity contribution in [3.63, 3.8) is 0 Å². The highest BCUT2D eigenvalue weighted by Gasteiger charge is 2.51. The molecule has 2 rings (SSSR count). The summed E-state index contributed by atoms with van der Waals surface area (Å²) in [5, 5.41) is 2.62. The third kappa shape index (κ3) is 16.2. The fourth-order valence-electron chi connectivity index (χ4n) is 5.25. The number of carbonyl (C=O) groups is 5. The van der Waals surface area contributed by atoms with Gasteiger partial charge in [-0.3, -0.25) is 24.7 Å². The highest BCUT2D eigenvalue weighted by molar-refractivity contribution is 5.89. The van der Waals surface area contributed by atoms with Crippen LogP contribution in [0, 0.1) is 0 Å². The lowest BCUT2D eigenvalue weighted by Crippen LogP contribution is -2.65. The summed E-state index contributed by atoms with van der Waals surface area (Å²) < 4.78 is 28.3. The zero-order chi connectivity index (χ0) is 39.0. The van der Waals surface area contributed by atoms with E-state index in [0.29, 0.717) is 11.4 Å². The number of hydrogen-bond acceptors (Lipinski definition) is 13. The van der Waals surface area contributed by atoms with Gasteiger partial charge in [0, 0.05) is 44.0 Å². The quantitative estimate of drug-likeness (QED) is 0.188. The molecule has 3 amide bonds. The molecule has 15 nitrogen and oxygen atoms in total. The van der Waals surface area contributed by atoms with E-state index in [-0.39, 0.29) is 52.3 Å². The largest absolute Gasteiger partial charge is 0.459 e. The molecule has 1 saturated heterocycles. The Labute approximate surface area is 302 Å². The Bertz CT molecular complexity index is 1300. The van der Waals surface area contributed by atoms with Gasteiger partial charge in [0.2, 0.25) is 0 Å². The fourth-order valence-corrected chi connectivity index (χ4v) is 5.25. The molecule has 0 bridgehead atoms. The monoisotopic (exact) mass is 721 g/mol. The Morgan fingerprint density at radius 3 is 1.45 bits per heavy atom. The summed E-state index contributed by atoms with van der Waals surface area (Å²) in [5.74, 6) is -1.06. The number of nitrogens with zero attached hydrogens (tertiary/aromatic N) is 3. The highest BCUT2D eigenvalue weighted by atomic mass is 16.6. The molecule has 0 spiro atoms. The van der Waals surface area contributed by atoms with Crippen LogP contribution in [-0.4, -0.2) is 119 Å². The Kier molecular flexibility index (Phi) is 14.3. The molecule has 288 valence electrons. The van der Waals surface area contributed by atoms with Gasteiger partial charge >= 0.3 is 30.2 Å². The average Bonchev–Trinajstić information content (AvgIpc) is 3.04. The number of amides is 3. The van der Waals surface area contributed by atoms with Gasteiger partial charge in [0.25, 0.3) is 0 Å². The van der Waals surface area contributed by atoms with Crippen molar-refractivity contribution in [2.24, 2.45) is 0 Å². The van der Waals surface area contributed by atoms with Crippen molar-refractivity contribution in [3.05, 3.63) is 24.3 Å². The van der Waals surface area contributed by atoms with Gasteiger partial charge in [0.05, 0.1) is 25.2 Å². The maximum absolute atomic E-state index is 14.2. The number of carbonyl (C=O) groups excluding carboxylic acids is 5. The first-order valence-electron chi connectivity index (χ1n) is 17.1. The third-order valence-electron chi connectivity index (χ3n) is 6.90.